The number of hydrogen-bond acceptors (Lipinski definition) is 4. The summed E-state index contributed by atoms with van der Waals surface area (Å²) in [6.45, 7) is 0.498. The number of aromatic nitrogens is 2. The molecule has 1 amide bonds. The maximum absolute atomic E-state index is 11.4. The quantitative estimate of drug-likeness (QED) is 0.726. The SMILES string of the molecule is NC(=O)c1cnc(Cl)nc1NCc1ccc2ccccc2c1. The van der Waals surface area contributed by atoms with Gasteiger partial charge in [0.15, 0.2) is 0 Å². The van der Waals surface area contributed by atoms with E-state index in [4.69, 9.17) is 17.3 Å². The molecule has 1 aromatic heterocycles. The number of carbonyl (C=O) groups excluding carboxylic acids is 1. The molecule has 0 aliphatic heterocycles. The Morgan fingerprint density at radius 3 is 2.73 bits per heavy atom. The van der Waals surface area contributed by atoms with Crippen molar-refractivity contribution < 1.29 is 4.79 Å². The second-order valence-corrected chi connectivity index (χ2v) is 5.14. The summed E-state index contributed by atoms with van der Waals surface area (Å²) in [5.74, 6) is -0.265. The van der Waals surface area contributed by atoms with Crippen LogP contribution in [0.5, 0.6) is 0 Å². The summed E-state index contributed by atoms with van der Waals surface area (Å²) in [6, 6.07) is 14.2. The zero-order chi connectivity index (χ0) is 15.5. The summed E-state index contributed by atoms with van der Waals surface area (Å²) < 4.78 is 0. The Labute approximate surface area is 132 Å². The van der Waals surface area contributed by atoms with Crippen LogP contribution in [0.3, 0.4) is 0 Å². The van der Waals surface area contributed by atoms with Crippen molar-refractivity contribution in [2.24, 2.45) is 5.73 Å². The van der Waals surface area contributed by atoms with Gasteiger partial charge in [0.05, 0.1) is 5.56 Å². The summed E-state index contributed by atoms with van der Waals surface area (Å²) in [5, 5.41) is 5.47. The Hall–Kier alpha value is -2.66. The second kappa shape index (κ2) is 5.99. The number of anilines is 1. The number of benzene rings is 2. The summed E-state index contributed by atoms with van der Waals surface area (Å²) >= 11 is 5.77. The van der Waals surface area contributed by atoms with E-state index in [0.29, 0.717) is 12.4 Å². The first kappa shape index (κ1) is 14.3. The molecule has 1 heterocycles. The van der Waals surface area contributed by atoms with Crippen LogP contribution in [0.25, 0.3) is 10.8 Å². The van der Waals surface area contributed by atoms with E-state index in [2.05, 4.69) is 33.5 Å². The van der Waals surface area contributed by atoms with Gasteiger partial charge >= 0.3 is 0 Å². The zero-order valence-corrected chi connectivity index (χ0v) is 12.3. The van der Waals surface area contributed by atoms with E-state index in [9.17, 15) is 4.79 Å². The zero-order valence-electron chi connectivity index (χ0n) is 11.6. The molecule has 6 heteroatoms. The molecular formula is C16H13ClN4O. The van der Waals surface area contributed by atoms with E-state index >= 15 is 0 Å². The fraction of sp³-hybridized carbons (Fsp3) is 0.0625. The minimum atomic E-state index is -0.599. The maximum Gasteiger partial charge on any atom is 0.254 e. The highest BCUT2D eigenvalue weighted by Crippen LogP contribution is 2.18. The number of hydrogen-bond donors (Lipinski definition) is 2. The monoisotopic (exact) mass is 312 g/mol. The molecule has 0 atom stereocenters. The lowest BCUT2D eigenvalue weighted by Gasteiger charge is -2.09. The molecule has 110 valence electrons. The van der Waals surface area contributed by atoms with Crippen molar-refractivity contribution in [3.05, 3.63) is 65.1 Å². The molecule has 0 aliphatic rings. The number of nitrogens with one attached hydrogen (secondary N) is 1. The van der Waals surface area contributed by atoms with Gasteiger partial charge < -0.3 is 11.1 Å². The molecule has 2 aromatic carbocycles. The van der Waals surface area contributed by atoms with Gasteiger partial charge in [-0.1, -0.05) is 36.4 Å². The number of amides is 1. The average molecular weight is 313 g/mol. The minimum absolute atomic E-state index is 0.0611. The van der Waals surface area contributed by atoms with Crippen LogP contribution < -0.4 is 11.1 Å². The van der Waals surface area contributed by atoms with Gasteiger partial charge in [-0.25, -0.2) is 4.98 Å². The first-order chi connectivity index (χ1) is 10.6. The highest BCUT2D eigenvalue weighted by atomic mass is 35.5. The summed E-state index contributed by atoms with van der Waals surface area (Å²) in [5.41, 5.74) is 6.58. The molecule has 0 saturated heterocycles. The number of fused-ring (bicyclic) bond motifs is 1. The van der Waals surface area contributed by atoms with Gasteiger partial charge in [0, 0.05) is 12.7 Å². The van der Waals surface area contributed by atoms with Crippen molar-refractivity contribution in [3.63, 3.8) is 0 Å². The number of nitrogens with zero attached hydrogens (tertiary/aromatic N) is 2. The van der Waals surface area contributed by atoms with Crippen LogP contribution in [-0.2, 0) is 6.54 Å². The average Bonchev–Trinajstić information content (AvgIpc) is 2.52. The van der Waals surface area contributed by atoms with E-state index in [1.807, 2.05) is 24.3 Å². The van der Waals surface area contributed by atoms with Gasteiger partial charge in [0.1, 0.15) is 5.82 Å². The third-order valence-corrected chi connectivity index (χ3v) is 3.48. The Bertz CT molecular complexity index is 850. The molecule has 0 spiro atoms. The molecule has 0 unspecified atom stereocenters. The summed E-state index contributed by atoms with van der Waals surface area (Å²) in [7, 11) is 0. The van der Waals surface area contributed by atoms with Gasteiger partial charge in [-0.15, -0.1) is 0 Å². The molecular weight excluding hydrogens is 300 g/mol. The third-order valence-electron chi connectivity index (χ3n) is 3.30. The summed E-state index contributed by atoms with van der Waals surface area (Å²) in [6.07, 6.45) is 1.32. The smallest absolute Gasteiger partial charge is 0.254 e. The van der Waals surface area contributed by atoms with Gasteiger partial charge in [0.25, 0.3) is 5.91 Å². The molecule has 0 saturated carbocycles. The molecule has 5 nitrogen and oxygen atoms in total. The van der Waals surface area contributed by atoms with Gasteiger partial charge in [-0.3, -0.25) is 4.79 Å². The molecule has 0 radical (unpaired) electrons. The van der Waals surface area contributed by atoms with E-state index < -0.39 is 5.91 Å². The van der Waals surface area contributed by atoms with Gasteiger partial charge in [-0.2, -0.15) is 4.98 Å². The molecule has 0 aliphatic carbocycles. The maximum atomic E-state index is 11.4. The highest BCUT2D eigenvalue weighted by Gasteiger charge is 2.11. The van der Waals surface area contributed by atoms with E-state index in [0.717, 1.165) is 10.9 Å². The van der Waals surface area contributed by atoms with Crippen molar-refractivity contribution in [2.45, 2.75) is 6.54 Å². The van der Waals surface area contributed by atoms with Crippen molar-refractivity contribution >= 4 is 34.1 Å². The number of primary amides is 1. The second-order valence-electron chi connectivity index (χ2n) is 4.80. The third kappa shape index (κ3) is 2.99. The molecule has 0 fully saturated rings. The van der Waals surface area contributed by atoms with Crippen LogP contribution in [0.1, 0.15) is 15.9 Å². The Kier molecular flexibility index (Phi) is 3.89. The van der Waals surface area contributed by atoms with Gasteiger partial charge in [-0.05, 0) is 34.0 Å². The van der Waals surface area contributed by atoms with Crippen LogP contribution in [0.15, 0.2) is 48.7 Å². The predicted octanol–water partition coefficient (Wildman–Crippen LogP) is 2.99. The van der Waals surface area contributed by atoms with Crippen LogP contribution in [0.2, 0.25) is 5.28 Å². The van der Waals surface area contributed by atoms with Crippen LogP contribution in [0, 0.1) is 0 Å². The minimum Gasteiger partial charge on any atom is -0.365 e. The van der Waals surface area contributed by atoms with Crippen molar-refractivity contribution in [1.29, 1.82) is 0 Å². The lowest BCUT2D eigenvalue weighted by atomic mass is 10.1. The first-order valence-corrected chi connectivity index (χ1v) is 7.05. The number of rotatable bonds is 4. The number of nitrogens with two attached hydrogens (primary N) is 1. The molecule has 3 N–H and O–H groups in total. The lowest BCUT2D eigenvalue weighted by molar-refractivity contribution is 0.100. The number of carbonyl (C=O) groups is 1. The largest absolute Gasteiger partial charge is 0.365 e. The van der Waals surface area contributed by atoms with Crippen molar-refractivity contribution in [1.82, 2.24) is 9.97 Å². The van der Waals surface area contributed by atoms with Crippen LogP contribution >= 0.6 is 11.6 Å². The van der Waals surface area contributed by atoms with Crippen molar-refractivity contribution in [2.75, 3.05) is 5.32 Å². The van der Waals surface area contributed by atoms with E-state index in [1.165, 1.54) is 11.6 Å². The highest BCUT2D eigenvalue weighted by molar-refractivity contribution is 6.28. The fourth-order valence-electron chi connectivity index (χ4n) is 2.21. The van der Waals surface area contributed by atoms with E-state index in [1.54, 1.807) is 0 Å². The Balaban J connectivity index is 1.84. The first-order valence-electron chi connectivity index (χ1n) is 6.67. The molecule has 3 rings (SSSR count). The summed E-state index contributed by atoms with van der Waals surface area (Å²) in [4.78, 5) is 19.2. The topological polar surface area (TPSA) is 80.9 Å². The molecule has 22 heavy (non-hydrogen) atoms. The lowest BCUT2D eigenvalue weighted by Crippen LogP contribution is -2.16. The Morgan fingerprint density at radius 2 is 1.95 bits per heavy atom. The normalized spacial score (nSPS) is 10.6. The van der Waals surface area contributed by atoms with Crippen LogP contribution in [-0.4, -0.2) is 15.9 Å². The number of halogens is 1. The predicted molar refractivity (Wildman–Crippen MR) is 86.8 cm³/mol. The van der Waals surface area contributed by atoms with Gasteiger partial charge in [0.2, 0.25) is 5.28 Å². The standard InChI is InChI=1S/C16H13ClN4O/c17-16-20-9-13(14(18)22)15(21-16)19-8-10-5-6-11-3-1-2-4-12(11)7-10/h1-7,9H,8H2,(H2,18,22)(H,19,20,21). The van der Waals surface area contributed by atoms with E-state index in [-0.39, 0.29) is 10.8 Å². The Morgan fingerprint density at radius 1 is 1.18 bits per heavy atom. The van der Waals surface area contributed by atoms with Crippen LogP contribution in [0.4, 0.5) is 5.82 Å². The molecule has 0 bridgehead atoms. The van der Waals surface area contributed by atoms with Crippen molar-refractivity contribution in [3.8, 4) is 0 Å². The molecule has 3 aromatic rings. The fourth-order valence-corrected chi connectivity index (χ4v) is 2.34.